The van der Waals surface area contributed by atoms with Crippen LogP contribution in [0.2, 0.25) is 0 Å². The molecule has 15 heavy (non-hydrogen) atoms. The van der Waals surface area contributed by atoms with Crippen LogP contribution in [-0.4, -0.2) is 40.3 Å². The van der Waals surface area contributed by atoms with Crippen LogP contribution in [0.5, 0.6) is 0 Å². The minimum atomic E-state index is -4.75. The van der Waals surface area contributed by atoms with Gasteiger partial charge in [0, 0.05) is 6.04 Å². The molecule has 0 aromatic heterocycles. The molecule has 0 aromatic rings. The lowest BCUT2D eigenvalue weighted by Gasteiger charge is -2.38. The Morgan fingerprint density at radius 3 is 2.27 bits per heavy atom. The van der Waals surface area contributed by atoms with Gasteiger partial charge in [0.1, 0.15) is 0 Å². The van der Waals surface area contributed by atoms with Crippen molar-refractivity contribution in [3.8, 4) is 0 Å². The normalized spacial score (nSPS) is 27.7. The Labute approximate surface area is 85.9 Å². The summed E-state index contributed by atoms with van der Waals surface area (Å²) in [6.45, 7) is 2.54. The maximum atomic E-state index is 12.8. The van der Waals surface area contributed by atoms with E-state index in [1.54, 1.807) is 6.92 Å². The molecule has 2 atom stereocenters. The van der Waals surface area contributed by atoms with Crippen LogP contribution in [-0.2, 0) is 4.79 Å². The number of aliphatic carboxylic acids is 1. The molecular formula is C9H14F3NO2. The predicted molar refractivity (Wildman–Crippen MR) is 47.5 cm³/mol. The summed E-state index contributed by atoms with van der Waals surface area (Å²) in [5.41, 5.74) is -2.76. The maximum absolute atomic E-state index is 12.8. The largest absolute Gasteiger partial charge is 0.480 e. The number of hydrogen-bond acceptors (Lipinski definition) is 2. The highest BCUT2D eigenvalue weighted by molar-refractivity contribution is 5.79. The number of carboxylic acid groups (broad SMARTS) is 1. The van der Waals surface area contributed by atoms with E-state index in [9.17, 15) is 18.0 Å². The standard InChI is InChI=1S/C9H14F3NO2/c1-6-4-3-5-13(6)8(2,7(14)15)9(10,11)12/h6H,3-5H2,1-2H3,(H,14,15). The Kier molecular flexibility index (Phi) is 3.00. The lowest BCUT2D eigenvalue weighted by Crippen LogP contribution is -2.62. The number of alkyl halides is 3. The molecule has 3 nitrogen and oxygen atoms in total. The van der Waals surface area contributed by atoms with Crippen LogP contribution in [0.3, 0.4) is 0 Å². The summed E-state index contributed by atoms with van der Waals surface area (Å²) in [5.74, 6) is -1.83. The number of halogens is 3. The Balaban J connectivity index is 3.06. The van der Waals surface area contributed by atoms with E-state index >= 15 is 0 Å². The second-order valence-corrected chi connectivity index (χ2v) is 4.06. The number of rotatable bonds is 2. The molecule has 1 aliphatic rings. The fourth-order valence-corrected chi connectivity index (χ4v) is 2.00. The van der Waals surface area contributed by atoms with Crippen molar-refractivity contribution in [2.24, 2.45) is 0 Å². The van der Waals surface area contributed by atoms with E-state index in [1.807, 2.05) is 0 Å². The van der Waals surface area contributed by atoms with E-state index in [-0.39, 0.29) is 12.6 Å². The molecule has 0 bridgehead atoms. The predicted octanol–water partition coefficient (Wildman–Crippen LogP) is 1.88. The van der Waals surface area contributed by atoms with Gasteiger partial charge in [-0.15, -0.1) is 0 Å². The van der Waals surface area contributed by atoms with Crippen molar-refractivity contribution in [3.05, 3.63) is 0 Å². The molecule has 1 saturated heterocycles. The Morgan fingerprint density at radius 2 is 2.00 bits per heavy atom. The molecule has 1 aliphatic heterocycles. The van der Waals surface area contributed by atoms with E-state index in [0.717, 1.165) is 11.8 Å². The maximum Gasteiger partial charge on any atom is 0.417 e. The fourth-order valence-electron chi connectivity index (χ4n) is 2.00. The zero-order valence-electron chi connectivity index (χ0n) is 8.64. The van der Waals surface area contributed by atoms with Gasteiger partial charge in [0.15, 0.2) is 0 Å². The molecule has 1 N–H and O–H groups in total. The van der Waals surface area contributed by atoms with Gasteiger partial charge in [-0.05, 0) is 33.2 Å². The Hall–Kier alpha value is -0.780. The van der Waals surface area contributed by atoms with Gasteiger partial charge < -0.3 is 5.11 Å². The molecule has 0 saturated carbocycles. The molecule has 2 unspecified atom stereocenters. The van der Waals surface area contributed by atoms with Crippen molar-refractivity contribution in [1.29, 1.82) is 0 Å². The second-order valence-electron chi connectivity index (χ2n) is 4.06. The molecule has 1 rings (SSSR count). The molecule has 88 valence electrons. The molecule has 0 amide bonds. The van der Waals surface area contributed by atoms with Crippen LogP contribution in [0.25, 0.3) is 0 Å². The number of nitrogens with zero attached hydrogens (tertiary/aromatic N) is 1. The number of carbonyl (C=O) groups is 1. The van der Waals surface area contributed by atoms with E-state index < -0.39 is 17.7 Å². The monoisotopic (exact) mass is 225 g/mol. The highest BCUT2D eigenvalue weighted by Crippen LogP contribution is 2.39. The number of hydrogen-bond donors (Lipinski definition) is 1. The van der Waals surface area contributed by atoms with Gasteiger partial charge in [-0.3, -0.25) is 4.90 Å². The summed E-state index contributed by atoms with van der Waals surface area (Å²) in [7, 11) is 0. The first kappa shape index (κ1) is 12.3. The molecule has 0 aromatic carbocycles. The van der Waals surface area contributed by atoms with Crippen molar-refractivity contribution in [3.63, 3.8) is 0 Å². The lowest BCUT2D eigenvalue weighted by atomic mass is 9.98. The third-order valence-electron chi connectivity index (χ3n) is 3.10. The SMILES string of the molecule is CC1CCCN1C(C)(C(=O)O)C(F)(F)F. The summed E-state index contributed by atoms with van der Waals surface area (Å²) < 4.78 is 38.3. The average Bonchev–Trinajstić information content (AvgIpc) is 2.47. The van der Waals surface area contributed by atoms with E-state index in [1.165, 1.54) is 0 Å². The Morgan fingerprint density at radius 1 is 1.47 bits per heavy atom. The zero-order valence-corrected chi connectivity index (χ0v) is 8.64. The van der Waals surface area contributed by atoms with Crippen molar-refractivity contribution in [1.82, 2.24) is 4.90 Å². The van der Waals surface area contributed by atoms with Gasteiger partial charge in [-0.25, -0.2) is 4.79 Å². The topological polar surface area (TPSA) is 40.5 Å². The minimum absolute atomic E-state index is 0.184. The van der Waals surface area contributed by atoms with Gasteiger partial charge in [0.2, 0.25) is 5.54 Å². The smallest absolute Gasteiger partial charge is 0.417 e. The average molecular weight is 225 g/mol. The minimum Gasteiger partial charge on any atom is -0.480 e. The fraction of sp³-hybridized carbons (Fsp3) is 0.889. The first-order valence-electron chi connectivity index (χ1n) is 4.78. The first-order chi connectivity index (χ1) is 6.71. The van der Waals surface area contributed by atoms with Crippen LogP contribution in [0.1, 0.15) is 26.7 Å². The van der Waals surface area contributed by atoms with Crippen molar-refractivity contribution in [2.45, 2.75) is 44.4 Å². The van der Waals surface area contributed by atoms with Crippen LogP contribution in [0.15, 0.2) is 0 Å². The third-order valence-corrected chi connectivity index (χ3v) is 3.10. The summed E-state index contributed by atoms with van der Waals surface area (Å²) in [5, 5.41) is 8.78. The van der Waals surface area contributed by atoms with Gasteiger partial charge in [-0.2, -0.15) is 13.2 Å². The summed E-state index contributed by atoms with van der Waals surface area (Å²) in [6, 6.07) is -0.340. The summed E-state index contributed by atoms with van der Waals surface area (Å²) >= 11 is 0. The highest BCUT2D eigenvalue weighted by atomic mass is 19.4. The van der Waals surface area contributed by atoms with E-state index in [0.29, 0.717) is 12.8 Å². The highest BCUT2D eigenvalue weighted by Gasteiger charge is 2.62. The quantitative estimate of drug-likeness (QED) is 0.780. The molecule has 0 aliphatic carbocycles. The van der Waals surface area contributed by atoms with Gasteiger partial charge in [0.25, 0.3) is 0 Å². The van der Waals surface area contributed by atoms with Crippen molar-refractivity contribution >= 4 is 5.97 Å². The van der Waals surface area contributed by atoms with Gasteiger partial charge >= 0.3 is 12.1 Å². The molecule has 0 spiro atoms. The number of likely N-dealkylation sites (tertiary alicyclic amines) is 1. The molecule has 0 radical (unpaired) electrons. The summed E-state index contributed by atoms with van der Waals surface area (Å²) in [4.78, 5) is 11.9. The van der Waals surface area contributed by atoms with Crippen molar-refractivity contribution < 1.29 is 23.1 Å². The molecule has 6 heteroatoms. The van der Waals surface area contributed by atoms with Gasteiger partial charge in [0.05, 0.1) is 0 Å². The van der Waals surface area contributed by atoms with Crippen LogP contribution >= 0.6 is 0 Å². The second kappa shape index (κ2) is 3.66. The van der Waals surface area contributed by atoms with E-state index in [4.69, 9.17) is 5.11 Å². The van der Waals surface area contributed by atoms with Crippen LogP contribution in [0.4, 0.5) is 13.2 Å². The lowest BCUT2D eigenvalue weighted by molar-refractivity contribution is -0.234. The third kappa shape index (κ3) is 1.82. The zero-order chi connectivity index (χ0) is 11.9. The number of carboxylic acids is 1. The van der Waals surface area contributed by atoms with Crippen LogP contribution in [0, 0.1) is 0 Å². The van der Waals surface area contributed by atoms with Crippen LogP contribution < -0.4 is 0 Å². The Bertz CT molecular complexity index is 267. The first-order valence-corrected chi connectivity index (χ1v) is 4.78. The van der Waals surface area contributed by atoms with Crippen molar-refractivity contribution in [2.75, 3.05) is 6.54 Å². The van der Waals surface area contributed by atoms with Gasteiger partial charge in [-0.1, -0.05) is 0 Å². The molecule has 1 fully saturated rings. The summed E-state index contributed by atoms with van der Waals surface area (Å²) in [6.07, 6.45) is -3.53. The molecular weight excluding hydrogens is 211 g/mol. The van der Waals surface area contributed by atoms with E-state index in [2.05, 4.69) is 0 Å². The molecule has 1 heterocycles.